The van der Waals surface area contributed by atoms with E-state index in [9.17, 15) is 5.11 Å². The number of rotatable bonds is 3. The molecule has 2 aliphatic heterocycles. The first-order valence-corrected chi connectivity index (χ1v) is 8.52. The number of likely N-dealkylation sites (tertiary alicyclic amines) is 1. The molecular formula is C17H22N4O3. The minimum Gasteiger partial charge on any atom is -0.419 e. The van der Waals surface area contributed by atoms with E-state index in [1.54, 1.807) is 12.4 Å². The summed E-state index contributed by atoms with van der Waals surface area (Å²) in [6, 6.07) is 3.75. The van der Waals surface area contributed by atoms with Crippen LogP contribution in [0.5, 0.6) is 0 Å². The van der Waals surface area contributed by atoms with Crippen molar-refractivity contribution in [3.63, 3.8) is 0 Å². The minimum atomic E-state index is -0.343. The van der Waals surface area contributed by atoms with E-state index in [1.807, 2.05) is 12.1 Å². The molecule has 0 aromatic carbocycles. The van der Waals surface area contributed by atoms with Gasteiger partial charge < -0.3 is 14.3 Å². The van der Waals surface area contributed by atoms with Gasteiger partial charge in [-0.25, -0.2) is 0 Å². The van der Waals surface area contributed by atoms with Crippen molar-refractivity contribution in [1.29, 1.82) is 0 Å². The third-order valence-electron chi connectivity index (χ3n) is 5.06. The fraction of sp³-hybridized carbons (Fsp3) is 0.588. The Bertz CT molecular complexity index is 667. The van der Waals surface area contributed by atoms with E-state index in [1.165, 1.54) is 0 Å². The van der Waals surface area contributed by atoms with Crippen molar-refractivity contribution < 1.29 is 14.3 Å². The van der Waals surface area contributed by atoms with E-state index in [0.29, 0.717) is 18.3 Å². The number of aliphatic hydroxyl groups excluding tert-OH is 1. The Hall–Kier alpha value is -1.83. The van der Waals surface area contributed by atoms with Gasteiger partial charge in [-0.1, -0.05) is 0 Å². The molecule has 0 radical (unpaired) electrons. The molecule has 0 saturated carbocycles. The summed E-state index contributed by atoms with van der Waals surface area (Å²) in [7, 11) is 0. The molecule has 2 aromatic rings. The second-order valence-corrected chi connectivity index (χ2v) is 6.59. The number of nitrogens with zero attached hydrogens (tertiary/aromatic N) is 4. The molecule has 2 aromatic heterocycles. The first kappa shape index (κ1) is 15.7. The van der Waals surface area contributed by atoms with Crippen molar-refractivity contribution in [2.75, 3.05) is 19.7 Å². The van der Waals surface area contributed by atoms with Gasteiger partial charge in [-0.05, 0) is 37.8 Å². The number of aliphatic hydroxyl groups is 1. The highest BCUT2D eigenvalue weighted by molar-refractivity contribution is 5.49. The van der Waals surface area contributed by atoms with Crippen LogP contribution in [0.15, 0.2) is 28.9 Å². The smallest absolute Gasteiger partial charge is 0.249 e. The van der Waals surface area contributed by atoms with Crippen LogP contribution in [0.4, 0.5) is 0 Å². The molecule has 1 spiro atoms. The summed E-state index contributed by atoms with van der Waals surface area (Å²) in [5, 5.41) is 18.5. The second-order valence-electron chi connectivity index (χ2n) is 6.59. The average Bonchev–Trinajstić information content (AvgIpc) is 3.09. The quantitative estimate of drug-likeness (QED) is 0.915. The SMILES string of the molecule is OC1CCCOC12CCN(Cc1nnc(-c3cccnc3)o1)CC2. The van der Waals surface area contributed by atoms with Gasteiger partial charge in [-0.3, -0.25) is 9.88 Å². The Kier molecular flexibility index (Phi) is 4.30. The third kappa shape index (κ3) is 3.07. The van der Waals surface area contributed by atoms with E-state index in [4.69, 9.17) is 9.15 Å². The zero-order chi connectivity index (χ0) is 16.4. The molecule has 4 heterocycles. The Morgan fingerprint density at radius 3 is 2.92 bits per heavy atom. The topological polar surface area (TPSA) is 84.5 Å². The van der Waals surface area contributed by atoms with Gasteiger partial charge in [0.2, 0.25) is 11.8 Å². The van der Waals surface area contributed by atoms with Crippen LogP contribution >= 0.6 is 0 Å². The maximum absolute atomic E-state index is 10.3. The van der Waals surface area contributed by atoms with E-state index < -0.39 is 0 Å². The Morgan fingerprint density at radius 1 is 1.29 bits per heavy atom. The maximum atomic E-state index is 10.3. The number of ether oxygens (including phenoxy) is 1. The largest absolute Gasteiger partial charge is 0.419 e. The monoisotopic (exact) mass is 330 g/mol. The van der Waals surface area contributed by atoms with Crippen molar-refractivity contribution in [3.8, 4) is 11.5 Å². The van der Waals surface area contributed by atoms with Gasteiger partial charge >= 0.3 is 0 Å². The molecule has 1 unspecified atom stereocenters. The zero-order valence-corrected chi connectivity index (χ0v) is 13.6. The van der Waals surface area contributed by atoms with Crippen LogP contribution in [-0.2, 0) is 11.3 Å². The lowest BCUT2D eigenvalue weighted by Gasteiger charge is -2.46. The number of pyridine rings is 1. The third-order valence-corrected chi connectivity index (χ3v) is 5.06. The van der Waals surface area contributed by atoms with Gasteiger partial charge in [0, 0.05) is 32.1 Å². The van der Waals surface area contributed by atoms with Crippen molar-refractivity contribution >= 4 is 0 Å². The lowest BCUT2D eigenvalue weighted by atomic mass is 9.82. The summed E-state index contributed by atoms with van der Waals surface area (Å²) in [5.74, 6) is 1.10. The van der Waals surface area contributed by atoms with Gasteiger partial charge in [-0.2, -0.15) is 0 Å². The molecule has 2 saturated heterocycles. The van der Waals surface area contributed by atoms with Crippen LogP contribution in [-0.4, -0.2) is 56.6 Å². The molecule has 128 valence electrons. The fourth-order valence-electron chi connectivity index (χ4n) is 3.59. The Morgan fingerprint density at radius 2 is 2.17 bits per heavy atom. The maximum Gasteiger partial charge on any atom is 0.249 e. The van der Waals surface area contributed by atoms with E-state index in [2.05, 4.69) is 20.1 Å². The number of hydrogen-bond donors (Lipinski definition) is 1. The zero-order valence-electron chi connectivity index (χ0n) is 13.6. The highest BCUT2D eigenvalue weighted by atomic mass is 16.5. The highest BCUT2D eigenvalue weighted by Gasteiger charge is 2.43. The summed E-state index contributed by atoms with van der Waals surface area (Å²) >= 11 is 0. The van der Waals surface area contributed by atoms with Crippen LogP contribution in [0.1, 0.15) is 31.6 Å². The molecule has 0 amide bonds. The first-order valence-electron chi connectivity index (χ1n) is 8.52. The molecule has 2 fully saturated rings. The van der Waals surface area contributed by atoms with Crippen LogP contribution in [0.3, 0.4) is 0 Å². The summed E-state index contributed by atoms with van der Waals surface area (Å²) < 4.78 is 11.7. The lowest BCUT2D eigenvalue weighted by Crippen LogP contribution is -2.55. The summed E-state index contributed by atoms with van der Waals surface area (Å²) in [4.78, 5) is 6.34. The first-order chi connectivity index (χ1) is 11.8. The van der Waals surface area contributed by atoms with Crippen LogP contribution in [0.25, 0.3) is 11.5 Å². The standard InChI is InChI=1S/C17H22N4O3/c22-14-4-2-10-23-17(14)5-8-21(9-6-17)12-15-19-20-16(24-15)13-3-1-7-18-11-13/h1,3,7,11,14,22H,2,4-6,8-10,12H2. The molecule has 24 heavy (non-hydrogen) atoms. The molecule has 7 nitrogen and oxygen atoms in total. The van der Waals surface area contributed by atoms with Gasteiger partial charge in [0.05, 0.1) is 23.8 Å². The van der Waals surface area contributed by atoms with Crippen LogP contribution in [0.2, 0.25) is 0 Å². The Labute approximate surface area is 140 Å². The molecule has 4 rings (SSSR count). The highest BCUT2D eigenvalue weighted by Crippen LogP contribution is 2.35. The van der Waals surface area contributed by atoms with Crippen molar-refractivity contribution in [1.82, 2.24) is 20.1 Å². The van der Waals surface area contributed by atoms with Crippen LogP contribution in [0, 0.1) is 0 Å². The van der Waals surface area contributed by atoms with Gasteiger partial charge in [0.1, 0.15) is 0 Å². The predicted octanol–water partition coefficient (Wildman–Crippen LogP) is 1.64. The molecule has 1 atom stereocenters. The summed E-state index contributed by atoms with van der Waals surface area (Å²) in [6.07, 6.45) is 6.57. The average molecular weight is 330 g/mol. The summed E-state index contributed by atoms with van der Waals surface area (Å²) in [5.41, 5.74) is 0.484. The molecule has 0 bridgehead atoms. The van der Waals surface area contributed by atoms with Crippen molar-refractivity contribution in [3.05, 3.63) is 30.4 Å². The molecule has 7 heteroatoms. The van der Waals surface area contributed by atoms with Gasteiger partial charge in [0.25, 0.3) is 0 Å². The molecule has 1 N–H and O–H groups in total. The van der Waals surface area contributed by atoms with Crippen molar-refractivity contribution in [2.45, 2.75) is 43.9 Å². The number of hydrogen-bond acceptors (Lipinski definition) is 7. The van der Waals surface area contributed by atoms with E-state index in [0.717, 1.165) is 50.9 Å². The molecule has 2 aliphatic rings. The summed E-state index contributed by atoms with van der Waals surface area (Å²) in [6.45, 7) is 3.11. The second kappa shape index (κ2) is 6.58. The Balaban J connectivity index is 1.37. The van der Waals surface area contributed by atoms with Crippen LogP contribution < -0.4 is 0 Å². The molecular weight excluding hydrogens is 308 g/mol. The fourth-order valence-corrected chi connectivity index (χ4v) is 3.59. The van der Waals surface area contributed by atoms with E-state index in [-0.39, 0.29) is 11.7 Å². The lowest BCUT2D eigenvalue weighted by molar-refractivity contribution is -0.177. The minimum absolute atomic E-state index is 0.339. The van der Waals surface area contributed by atoms with Gasteiger partial charge in [-0.15, -0.1) is 10.2 Å². The van der Waals surface area contributed by atoms with Crippen molar-refractivity contribution in [2.24, 2.45) is 0 Å². The number of piperidine rings is 1. The van der Waals surface area contributed by atoms with Gasteiger partial charge in [0.15, 0.2) is 0 Å². The predicted molar refractivity (Wildman–Crippen MR) is 86.0 cm³/mol. The van der Waals surface area contributed by atoms with E-state index >= 15 is 0 Å². The number of aromatic nitrogens is 3. The normalized spacial score (nSPS) is 24.3. The molecule has 0 aliphatic carbocycles.